The number of benzene rings is 1. The van der Waals surface area contributed by atoms with Crippen molar-refractivity contribution in [3.63, 3.8) is 0 Å². The number of carbonyl (C=O) groups excluding carboxylic acids is 1. The highest BCUT2D eigenvalue weighted by Crippen LogP contribution is 2.26. The first-order valence-electron chi connectivity index (χ1n) is 7.06. The van der Waals surface area contributed by atoms with Crippen molar-refractivity contribution >= 4 is 11.7 Å². The molecule has 1 aliphatic rings. The van der Waals surface area contributed by atoms with E-state index in [9.17, 15) is 4.79 Å². The highest BCUT2D eigenvalue weighted by Gasteiger charge is 2.27. The summed E-state index contributed by atoms with van der Waals surface area (Å²) in [7, 11) is 1.62. The van der Waals surface area contributed by atoms with Crippen molar-refractivity contribution in [1.82, 2.24) is 9.47 Å². The minimum absolute atomic E-state index is 0.0693. The normalized spacial score (nSPS) is 17.2. The molecular formula is C16H19N3O2. The van der Waals surface area contributed by atoms with Gasteiger partial charge in [0.15, 0.2) is 0 Å². The van der Waals surface area contributed by atoms with E-state index in [1.165, 1.54) is 5.69 Å². The lowest BCUT2D eigenvalue weighted by atomic mass is 10.1. The Kier molecular flexibility index (Phi) is 3.56. The van der Waals surface area contributed by atoms with E-state index in [0.29, 0.717) is 6.54 Å². The minimum Gasteiger partial charge on any atom is -0.497 e. The van der Waals surface area contributed by atoms with Crippen LogP contribution < -0.4 is 10.1 Å². The van der Waals surface area contributed by atoms with Crippen LogP contribution in [0.4, 0.5) is 10.5 Å². The van der Waals surface area contributed by atoms with Crippen LogP contribution in [0.15, 0.2) is 42.6 Å². The molecule has 1 atom stereocenters. The molecule has 5 heteroatoms. The maximum Gasteiger partial charge on any atom is 0.322 e. The van der Waals surface area contributed by atoms with E-state index >= 15 is 0 Å². The molecule has 1 aliphatic heterocycles. The van der Waals surface area contributed by atoms with Crippen molar-refractivity contribution in [2.45, 2.75) is 19.5 Å². The number of nitrogens with one attached hydrogen (secondary N) is 1. The van der Waals surface area contributed by atoms with Crippen molar-refractivity contribution in [3.8, 4) is 5.75 Å². The standard InChI is InChI=1S/C16H19N3O2/c1-12-15-4-3-9-18(15)10-11-19(12)16(20)17-13-5-7-14(21-2)8-6-13/h3-9,12H,10-11H2,1-2H3,(H,17,20)/t12-/m1/s1. The highest BCUT2D eigenvalue weighted by molar-refractivity contribution is 5.89. The van der Waals surface area contributed by atoms with Gasteiger partial charge in [0, 0.05) is 30.7 Å². The third-order valence-electron chi connectivity index (χ3n) is 3.94. The number of anilines is 1. The van der Waals surface area contributed by atoms with Gasteiger partial charge in [0.25, 0.3) is 0 Å². The van der Waals surface area contributed by atoms with Gasteiger partial charge in [-0.1, -0.05) is 0 Å². The van der Waals surface area contributed by atoms with Crippen LogP contribution in [0.25, 0.3) is 0 Å². The average Bonchev–Trinajstić information content (AvgIpc) is 2.98. The molecule has 2 amide bonds. The van der Waals surface area contributed by atoms with Gasteiger partial charge in [0.2, 0.25) is 0 Å². The second kappa shape index (κ2) is 5.52. The largest absolute Gasteiger partial charge is 0.497 e. The van der Waals surface area contributed by atoms with Crippen molar-refractivity contribution in [2.75, 3.05) is 19.0 Å². The number of ether oxygens (including phenoxy) is 1. The number of hydrogen-bond acceptors (Lipinski definition) is 2. The summed E-state index contributed by atoms with van der Waals surface area (Å²) < 4.78 is 7.31. The fraction of sp³-hybridized carbons (Fsp3) is 0.312. The van der Waals surface area contributed by atoms with Gasteiger partial charge in [-0.25, -0.2) is 4.79 Å². The Hall–Kier alpha value is -2.43. The van der Waals surface area contributed by atoms with Crippen LogP contribution in [0, 0.1) is 0 Å². The number of rotatable bonds is 2. The van der Waals surface area contributed by atoms with Crippen LogP contribution in [-0.2, 0) is 6.54 Å². The Labute approximate surface area is 124 Å². The maximum absolute atomic E-state index is 12.4. The van der Waals surface area contributed by atoms with Gasteiger partial charge < -0.3 is 19.5 Å². The molecule has 0 aliphatic carbocycles. The zero-order chi connectivity index (χ0) is 14.8. The highest BCUT2D eigenvalue weighted by atomic mass is 16.5. The number of methoxy groups -OCH3 is 1. The Morgan fingerprint density at radius 3 is 2.71 bits per heavy atom. The van der Waals surface area contributed by atoms with Crippen LogP contribution in [0.5, 0.6) is 5.75 Å². The summed E-state index contributed by atoms with van der Waals surface area (Å²) in [6.07, 6.45) is 2.06. The zero-order valence-electron chi connectivity index (χ0n) is 12.2. The molecular weight excluding hydrogens is 266 g/mol. The van der Waals surface area contributed by atoms with Gasteiger partial charge in [-0.3, -0.25) is 0 Å². The van der Waals surface area contributed by atoms with Gasteiger partial charge in [-0.05, 0) is 43.3 Å². The van der Waals surface area contributed by atoms with Crippen LogP contribution in [0.1, 0.15) is 18.7 Å². The smallest absolute Gasteiger partial charge is 0.322 e. The molecule has 0 spiro atoms. The zero-order valence-corrected chi connectivity index (χ0v) is 12.2. The molecule has 0 unspecified atom stereocenters. The summed E-state index contributed by atoms with van der Waals surface area (Å²) >= 11 is 0. The molecule has 3 rings (SSSR count). The molecule has 21 heavy (non-hydrogen) atoms. The number of carbonyl (C=O) groups is 1. The van der Waals surface area contributed by atoms with Gasteiger partial charge in [0.05, 0.1) is 13.2 Å². The number of aromatic nitrogens is 1. The molecule has 1 aromatic carbocycles. The van der Waals surface area contributed by atoms with Gasteiger partial charge in [0.1, 0.15) is 5.75 Å². The predicted molar refractivity (Wildman–Crippen MR) is 81.6 cm³/mol. The summed E-state index contributed by atoms with van der Waals surface area (Å²) in [5, 5.41) is 2.94. The molecule has 1 aromatic heterocycles. The van der Waals surface area contributed by atoms with E-state index in [4.69, 9.17) is 4.74 Å². The minimum atomic E-state index is -0.0693. The molecule has 0 radical (unpaired) electrons. The number of hydrogen-bond donors (Lipinski definition) is 1. The first kappa shape index (κ1) is 13.5. The Balaban J connectivity index is 1.71. The van der Waals surface area contributed by atoms with E-state index in [1.807, 2.05) is 35.2 Å². The SMILES string of the molecule is COc1ccc(NC(=O)N2CCn3cccc3[C@H]2C)cc1. The van der Waals surface area contributed by atoms with E-state index in [2.05, 4.69) is 29.1 Å². The molecule has 1 N–H and O–H groups in total. The monoisotopic (exact) mass is 285 g/mol. The summed E-state index contributed by atoms with van der Waals surface area (Å²) in [4.78, 5) is 14.3. The second-order valence-electron chi connectivity index (χ2n) is 5.15. The summed E-state index contributed by atoms with van der Waals surface area (Å²) in [6, 6.07) is 11.4. The third kappa shape index (κ3) is 2.59. The Morgan fingerprint density at radius 1 is 1.24 bits per heavy atom. The predicted octanol–water partition coefficient (Wildman–Crippen LogP) is 3.11. The number of urea groups is 1. The van der Waals surface area contributed by atoms with Crippen molar-refractivity contribution in [2.24, 2.45) is 0 Å². The van der Waals surface area contributed by atoms with Gasteiger partial charge >= 0.3 is 6.03 Å². The molecule has 110 valence electrons. The quantitative estimate of drug-likeness (QED) is 0.921. The lowest BCUT2D eigenvalue weighted by molar-refractivity contribution is 0.175. The van der Waals surface area contributed by atoms with E-state index in [1.54, 1.807) is 7.11 Å². The molecule has 0 bridgehead atoms. The number of amides is 2. The van der Waals surface area contributed by atoms with Crippen LogP contribution >= 0.6 is 0 Å². The fourth-order valence-corrected chi connectivity index (χ4v) is 2.73. The molecule has 0 fully saturated rings. The first-order valence-corrected chi connectivity index (χ1v) is 7.06. The van der Waals surface area contributed by atoms with Crippen molar-refractivity contribution in [1.29, 1.82) is 0 Å². The molecule has 0 saturated heterocycles. The van der Waals surface area contributed by atoms with Crippen LogP contribution in [-0.4, -0.2) is 29.2 Å². The molecule has 2 heterocycles. The van der Waals surface area contributed by atoms with Gasteiger partial charge in [-0.15, -0.1) is 0 Å². The topological polar surface area (TPSA) is 46.5 Å². The van der Waals surface area contributed by atoms with Gasteiger partial charge in [-0.2, -0.15) is 0 Å². The van der Waals surface area contributed by atoms with Crippen molar-refractivity contribution < 1.29 is 9.53 Å². The Morgan fingerprint density at radius 2 is 2.00 bits per heavy atom. The lowest BCUT2D eigenvalue weighted by Gasteiger charge is -2.34. The number of nitrogens with zero attached hydrogens (tertiary/aromatic N) is 2. The van der Waals surface area contributed by atoms with E-state index in [-0.39, 0.29) is 12.1 Å². The van der Waals surface area contributed by atoms with E-state index in [0.717, 1.165) is 18.0 Å². The second-order valence-corrected chi connectivity index (χ2v) is 5.15. The maximum atomic E-state index is 12.4. The lowest BCUT2D eigenvalue weighted by Crippen LogP contribution is -2.42. The summed E-state index contributed by atoms with van der Waals surface area (Å²) in [6.45, 7) is 3.60. The van der Waals surface area contributed by atoms with Crippen molar-refractivity contribution in [3.05, 3.63) is 48.3 Å². The summed E-state index contributed by atoms with van der Waals surface area (Å²) in [5.41, 5.74) is 1.94. The number of fused-ring (bicyclic) bond motifs is 1. The third-order valence-corrected chi connectivity index (χ3v) is 3.94. The first-order chi connectivity index (χ1) is 10.2. The average molecular weight is 285 g/mol. The molecule has 5 nitrogen and oxygen atoms in total. The molecule has 0 saturated carbocycles. The van der Waals surface area contributed by atoms with Crippen LogP contribution in [0.2, 0.25) is 0 Å². The van der Waals surface area contributed by atoms with Crippen LogP contribution in [0.3, 0.4) is 0 Å². The Bertz CT molecular complexity index is 633. The molecule has 2 aromatic rings. The van der Waals surface area contributed by atoms with E-state index < -0.39 is 0 Å². The summed E-state index contributed by atoms with van der Waals surface area (Å²) in [5.74, 6) is 0.775. The fourth-order valence-electron chi connectivity index (χ4n) is 2.73.